The molecule has 14 rings (SSSR count). The second-order valence-corrected chi connectivity index (χ2v) is 18.4. The fraction of sp³-hybridized carbons (Fsp3) is 0.0303. The quantitative estimate of drug-likeness (QED) is 0.156. The zero-order valence-electron chi connectivity index (χ0n) is 37.7. The molecule has 0 bridgehead atoms. The fourth-order valence-electron chi connectivity index (χ4n) is 11.3. The standard InChI is InChI=1S/C66H43N3/c1-3-21-52-43(13-1)15-11-27-54(52)48-31-35-63-60(39-48)61-40-49(55-28-12-16-44-14-2-4-22-53(44)55)32-36-64(61)69(63)51-33-29-42(30-34-51)45-17-9-18-46(37-45)47-19-10-20-50(38-47)62-41-67-65-58-25-7-5-23-56(58)57-24-6-8-26-59(57)66(65)68-62/h1-41,60,63H. The summed E-state index contributed by atoms with van der Waals surface area (Å²) in [5.41, 5.74) is 17.2. The fourth-order valence-corrected chi connectivity index (χ4v) is 11.3. The minimum atomic E-state index is 0.133. The van der Waals surface area contributed by atoms with Crippen molar-refractivity contribution >= 4 is 71.1 Å². The average Bonchev–Trinajstić information content (AvgIpc) is 3.75. The Morgan fingerprint density at radius 3 is 1.64 bits per heavy atom. The predicted molar refractivity (Wildman–Crippen MR) is 290 cm³/mol. The van der Waals surface area contributed by atoms with Crippen molar-refractivity contribution < 1.29 is 0 Å². The Balaban J connectivity index is 0.807. The second-order valence-electron chi connectivity index (χ2n) is 18.4. The van der Waals surface area contributed by atoms with Gasteiger partial charge in [0.25, 0.3) is 0 Å². The van der Waals surface area contributed by atoms with Crippen molar-refractivity contribution in [1.82, 2.24) is 9.97 Å². The molecule has 1 aromatic heterocycles. The molecule has 2 atom stereocenters. The SMILES string of the molecule is C1=CC2C(C=C1c1cccc3ccccc13)c1cc(-c3cccc4ccccc34)ccc1N2c1ccc(-c2cccc(-c3cccc(-c4cnc5c6ccccc6c6ccccc6c5n4)c3)c2)cc1. The lowest BCUT2D eigenvalue weighted by Crippen LogP contribution is -2.28. The van der Waals surface area contributed by atoms with E-state index in [4.69, 9.17) is 9.97 Å². The summed E-state index contributed by atoms with van der Waals surface area (Å²) in [7, 11) is 0. The molecule has 3 heteroatoms. The average molecular weight is 878 g/mol. The molecule has 2 aliphatic rings. The van der Waals surface area contributed by atoms with E-state index in [2.05, 4.69) is 248 Å². The topological polar surface area (TPSA) is 29.0 Å². The number of rotatable bonds is 6. The van der Waals surface area contributed by atoms with E-state index >= 15 is 0 Å². The lowest BCUT2D eigenvalue weighted by molar-refractivity contribution is 0.747. The Hall–Kier alpha value is -8.92. The molecule has 0 amide bonds. The van der Waals surface area contributed by atoms with Gasteiger partial charge in [-0.05, 0) is 119 Å². The van der Waals surface area contributed by atoms with Crippen molar-refractivity contribution in [2.45, 2.75) is 12.0 Å². The molecule has 69 heavy (non-hydrogen) atoms. The van der Waals surface area contributed by atoms with Crippen LogP contribution in [0.25, 0.3) is 104 Å². The van der Waals surface area contributed by atoms with Gasteiger partial charge in [-0.15, -0.1) is 0 Å². The highest BCUT2D eigenvalue weighted by atomic mass is 15.2. The molecule has 1 aliphatic heterocycles. The number of hydrogen-bond acceptors (Lipinski definition) is 3. The van der Waals surface area contributed by atoms with Crippen LogP contribution >= 0.6 is 0 Å². The number of fused-ring (bicyclic) bond motifs is 11. The highest BCUT2D eigenvalue weighted by Gasteiger charge is 2.39. The van der Waals surface area contributed by atoms with E-state index in [0.29, 0.717) is 0 Å². The molecule has 3 nitrogen and oxygen atoms in total. The van der Waals surface area contributed by atoms with Gasteiger partial charge < -0.3 is 4.90 Å². The van der Waals surface area contributed by atoms with E-state index in [9.17, 15) is 0 Å². The summed E-state index contributed by atoms with van der Waals surface area (Å²) < 4.78 is 0. The van der Waals surface area contributed by atoms with Crippen molar-refractivity contribution in [1.29, 1.82) is 0 Å². The van der Waals surface area contributed by atoms with E-state index in [1.54, 1.807) is 0 Å². The molecule has 322 valence electrons. The number of hydrogen-bond donors (Lipinski definition) is 0. The largest absolute Gasteiger partial charge is 0.333 e. The smallest absolute Gasteiger partial charge is 0.0979 e. The highest BCUT2D eigenvalue weighted by molar-refractivity contribution is 6.23. The molecule has 0 spiro atoms. The lowest BCUT2D eigenvalue weighted by atomic mass is 9.84. The molecule has 11 aromatic carbocycles. The van der Waals surface area contributed by atoms with E-state index in [1.807, 2.05) is 6.20 Å². The van der Waals surface area contributed by atoms with Gasteiger partial charge in [-0.3, -0.25) is 4.98 Å². The Kier molecular flexibility index (Phi) is 9.03. The van der Waals surface area contributed by atoms with Crippen LogP contribution in [0.1, 0.15) is 17.0 Å². The van der Waals surface area contributed by atoms with Gasteiger partial charge in [-0.1, -0.05) is 206 Å². The van der Waals surface area contributed by atoms with Crippen LogP contribution in [0.3, 0.4) is 0 Å². The van der Waals surface area contributed by atoms with E-state index in [1.165, 1.54) is 82.6 Å². The van der Waals surface area contributed by atoms with Crippen LogP contribution in [-0.2, 0) is 0 Å². The van der Waals surface area contributed by atoms with E-state index in [-0.39, 0.29) is 12.0 Å². The molecule has 2 unspecified atom stereocenters. The monoisotopic (exact) mass is 877 g/mol. The molecule has 2 heterocycles. The summed E-state index contributed by atoms with van der Waals surface area (Å²) in [4.78, 5) is 12.9. The Labute approximate surface area is 400 Å². The molecule has 0 fully saturated rings. The molecule has 0 radical (unpaired) electrons. The summed E-state index contributed by atoms with van der Waals surface area (Å²) >= 11 is 0. The normalized spacial score (nSPS) is 15.2. The first-order valence-electron chi connectivity index (χ1n) is 23.9. The van der Waals surface area contributed by atoms with Crippen molar-refractivity contribution in [3.63, 3.8) is 0 Å². The lowest BCUT2D eigenvalue weighted by Gasteiger charge is -2.30. The van der Waals surface area contributed by atoms with Gasteiger partial charge in [0, 0.05) is 33.6 Å². The van der Waals surface area contributed by atoms with Crippen LogP contribution in [0.5, 0.6) is 0 Å². The summed E-state index contributed by atoms with van der Waals surface area (Å²) in [6.07, 6.45) is 9.22. The zero-order valence-corrected chi connectivity index (χ0v) is 37.7. The number of allylic oxidation sites excluding steroid dienone is 2. The maximum atomic E-state index is 5.29. The summed E-state index contributed by atoms with van der Waals surface area (Å²) in [6.45, 7) is 0. The van der Waals surface area contributed by atoms with Crippen LogP contribution in [-0.4, -0.2) is 16.0 Å². The predicted octanol–water partition coefficient (Wildman–Crippen LogP) is 17.2. The molecule has 0 saturated heterocycles. The van der Waals surface area contributed by atoms with Crippen LogP contribution in [0.15, 0.2) is 249 Å². The van der Waals surface area contributed by atoms with Crippen molar-refractivity contribution in [3.8, 4) is 44.6 Å². The summed E-state index contributed by atoms with van der Waals surface area (Å²) in [6, 6.07) is 81.8. The third-order valence-electron chi connectivity index (χ3n) is 14.6. The van der Waals surface area contributed by atoms with Gasteiger partial charge in [0.2, 0.25) is 0 Å². The minimum absolute atomic E-state index is 0.133. The van der Waals surface area contributed by atoms with Gasteiger partial charge in [0.1, 0.15) is 0 Å². The first kappa shape index (κ1) is 39.3. The number of aromatic nitrogens is 2. The van der Waals surface area contributed by atoms with E-state index in [0.717, 1.165) is 44.2 Å². The van der Waals surface area contributed by atoms with Crippen molar-refractivity contribution in [2.75, 3.05) is 4.90 Å². The highest BCUT2D eigenvalue weighted by Crippen LogP contribution is 2.51. The molecular weight excluding hydrogens is 835 g/mol. The number of benzene rings is 11. The summed E-state index contributed by atoms with van der Waals surface area (Å²) in [5, 5.41) is 9.71. The van der Waals surface area contributed by atoms with Crippen LogP contribution in [0.4, 0.5) is 11.4 Å². The van der Waals surface area contributed by atoms with Crippen LogP contribution in [0, 0.1) is 0 Å². The third-order valence-corrected chi connectivity index (χ3v) is 14.6. The molecule has 0 saturated carbocycles. The van der Waals surface area contributed by atoms with Crippen molar-refractivity contribution in [3.05, 3.63) is 260 Å². The van der Waals surface area contributed by atoms with Crippen LogP contribution < -0.4 is 4.90 Å². The second kappa shape index (κ2) is 15.9. The van der Waals surface area contributed by atoms with Gasteiger partial charge >= 0.3 is 0 Å². The third kappa shape index (κ3) is 6.50. The first-order valence-corrected chi connectivity index (χ1v) is 23.9. The molecule has 12 aromatic rings. The maximum Gasteiger partial charge on any atom is 0.0979 e. The maximum absolute atomic E-state index is 5.29. The Bertz CT molecular complexity index is 4060. The van der Waals surface area contributed by atoms with E-state index < -0.39 is 0 Å². The van der Waals surface area contributed by atoms with Gasteiger partial charge in [-0.2, -0.15) is 0 Å². The van der Waals surface area contributed by atoms with Gasteiger partial charge in [0.05, 0.1) is 29.0 Å². The Morgan fingerprint density at radius 2 is 0.928 bits per heavy atom. The van der Waals surface area contributed by atoms with Crippen LogP contribution in [0.2, 0.25) is 0 Å². The summed E-state index contributed by atoms with van der Waals surface area (Å²) in [5.74, 6) is 0.167. The first-order chi connectivity index (χ1) is 34.2. The molecule has 1 aliphatic carbocycles. The molecular formula is C66H43N3. The van der Waals surface area contributed by atoms with Gasteiger partial charge in [0.15, 0.2) is 0 Å². The van der Waals surface area contributed by atoms with Gasteiger partial charge in [-0.25, -0.2) is 4.98 Å². The minimum Gasteiger partial charge on any atom is -0.333 e. The number of nitrogens with zero attached hydrogens (tertiary/aromatic N) is 3. The van der Waals surface area contributed by atoms with Crippen molar-refractivity contribution in [2.24, 2.45) is 0 Å². The molecule has 0 N–H and O–H groups in total. The number of anilines is 2. The zero-order chi connectivity index (χ0) is 45.4. The Morgan fingerprint density at radius 1 is 0.391 bits per heavy atom.